The number of carbonyl (C=O) groups is 1. The number of para-hydroxylation sites is 2. The molecule has 1 amide bonds. The maximum Gasteiger partial charge on any atom is 0.242 e. The van der Waals surface area contributed by atoms with Crippen LogP contribution in [0.5, 0.6) is 5.75 Å². The van der Waals surface area contributed by atoms with Gasteiger partial charge in [0.05, 0.1) is 11.2 Å². The molecule has 128 valence electrons. The Bertz CT molecular complexity index is 541. The van der Waals surface area contributed by atoms with Crippen LogP contribution in [-0.2, 0) is 9.53 Å². The maximum atomic E-state index is 12.7. The lowest BCUT2D eigenvalue weighted by atomic mass is 9.89. The lowest BCUT2D eigenvalue weighted by Crippen LogP contribution is -2.61. The smallest absolute Gasteiger partial charge is 0.242 e. The van der Waals surface area contributed by atoms with E-state index in [0.29, 0.717) is 52.2 Å². The van der Waals surface area contributed by atoms with Gasteiger partial charge in [-0.2, -0.15) is 0 Å². The van der Waals surface area contributed by atoms with E-state index in [4.69, 9.17) is 10.5 Å². The third-order valence-corrected chi connectivity index (χ3v) is 4.60. The third-order valence-electron chi connectivity index (χ3n) is 4.60. The highest BCUT2D eigenvalue weighted by molar-refractivity contribution is 5.86. The van der Waals surface area contributed by atoms with Crippen molar-refractivity contribution in [1.82, 2.24) is 4.90 Å². The Balaban J connectivity index is 0.00000192. The van der Waals surface area contributed by atoms with Crippen molar-refractivity contribution in [3.63, 3.8) is 0 Å². The predicted molar refractivity (Wildman–Crippen MR) is 91.1 cm³/mol. The summed E-state index contributed by atoms with van der Waals surface area (Å²) in [6, 6.07) is 7.30. The van der Waals surface area contributed by atoms with E-state index >= 15 is 0 Å². The first-order valence-electron chi connectivity index (χ1n) is 7.79. The number of benzene rings is 1. The van der Waals surface area contributed by atoms with Gasteiger partial charge < -0.3 is 25.4 Å². The second-order valence-corrected chi connectivity index (χ2v) is 6.04. The molecule has 1 aromatic carbocycles. The molecule has 0 aliphatic carbocycles. The normalized spacial score (nSPS) is 20.7. The van der Waals surface area contributed by atoms with Gasteiger partial charge in [-0.1, -0.05) is 12.1 Å². The lowest BCUT2D eigenvalue weighted by Gasteiger charge is -2.41. The van der Waals surface area contributed by atoms with E-state index in [9.17, 15) is 9.90 Å². The molecule has 6 nitrogen and oxygen atoms in total. The molecular formula is C16H24ClN3O3. The molecule has 0 unspecified atom stereocenters. The number of phenols is 1. The SMILES string of the molecule is Cl.NC1(C(=O)N2CCN(c3ccccc3O)CC2)CCOCC1. The maximum absolute atomic E-state index is 12.7. The van der Waals surface area contributed by atoms with Crippen LogP contribution in [0.1, 0.15) is 12.8 Å². The van der Waals surface area contributed by atoms with Crippen molar-refractivity contribution in [3.05, 3.63) is 24.3 Å². The number of nitrogens with two attached hydrogens (primary N) is 1. The van der Waals surface area contributed by atoms with Crippen LogP contribution in [0.4, 0.5) is 5.69 Å². The second kappa shape index (κ2) is 7.38. The zero-order valence-electron chi connectivity index (χ0n) is 13.1. The van der Waals surface area contributed by atoms with E-state index in [1.807, 2.05) is 23.1 Å². The van der Waals surface area contributed by atoms with Gasteiger partial charge in [0, 0.05) is 39.4 Å². The van der Waals surface area contributed by atoms with E-state index in [1.165, 1.54) is 0 Å². The Kier molecular flexibility index (Phi) is 5.73. The third kappa shape index (κ3) is 3.71. The van der Waals surface area contributed by atoms with Gasteiger partial charge >= 0.3 is 0 Å². The molecule has 23 heavy (non-hydrogen) atoms. The zero-order valence-corrected chi connectivity index (χ0v) is 13.9. The van der Waals surface area contributed by atoms with Gasteiger partial charge in [0.25, 0.3) is 0 Å². The number of hydrogen-bond acceptors (Lipinski definition) is 5. The van der Waals surface area contributed by atoms with Crippen LogP contribution < -0.4 is 10.6 Å². The van der Waals surface area contributed by atoms with E-state index in [-0.39, 0.29) is 24.1 Å². The van der Waals surface area contributed by atoms with Crippen LogP contribution in [0.2, 0.25) is 0 Å². The number of aromatic hydroxyl groups is 1. The van der Waals surface area contributed by atoms with E-state index < -0.39 is 5.54 Å². The van der Waals surface area contributed by atoms with Gasteiger partial charge in [-0.15, -0.1) is 12.4 Å². The Morgan fingerprint density at radius 3 is 2.35 bits per heavy atom. The van der Waals surface area contributed by atoms with Crippen molar-refractivity contribution in [3.8, 4) is 5.75 Å². The number of phenolic OH excluding ortho intramolecular Hbond substituents is 1. The topological polar surface area (TPSA) is 79.0 Å². The lowest BCUT2D eigenvalue weighted by molar-refractivity contribution is -0.140. The van der Waals surface area contributed by atoms with Crippen LogP contribution in [0.3, 0.4) is 0 Å². The summed E-state index contributed by atoms with van der Waals surface area (Å²) >= 11 is 0. The highest BCUT2D eigenvalue weighted by Gasteiger charge is 2.39. The summed E-state index contributed by atoms with van der Waals surface area (Å²) < 4.78 is 5.30. The molecule has 0 bridgehead atoms. The molecule has 2 aliphatic rings. The summed E-state index contributed by atoms with van der Waals surface area (Å²) in [6.07, 6.45) is 1.18. The highest BCUT2D eigenvalue weighted by Crippen LogP contribution is 2.28. The van der Waals surface area contributed by atoms with Crippen molar-refractivity contribution in [1.29, 1.82) is 0 Å². The van der Waals surface area contributed by atoms with Gasteiger partial charge in [0.1, 0.15) is 5.75 Å². The molecule has 1 aromatic rings. The number of ether oxygens (including phenoxy) is 1. The summed E-state index contributed by atoms with van der Waals surface area (Å²) in [6.45, 7) is 3.78. The fourth-order valence-corrected chi connectivity index (χ4v) is 3.15. The quantitative estimate of drug-likeness (QED) is 0.838. The van der Waals surface area contributed by atoms with Crippen molar-refractivity contribution in [2.75, 3.05) is 44.3 Å². The minimum atomic E-state index is -0.769. The standard InChI is InChI=1S/C16H23N3O3.ClH/c17-16(5-11-22-12-6-16)15(21)19-9-7-18(8-10-19)13-3-1-2-4-14(13)20;/h1-4,20H,5-12,17H2;1H. The average Bonchev–Trinajstić information content (AvgIpc) is 2.55. The molecular weight excluding hydrogens is 318 g/mol. The van der Waals surface area contributed by atoms with Crippen LogP contribution in [0, 0.1) is 0 Å². The van der Waals surface area contributed by atoms with Crippen LogP contribution >= 0.6 is 12.4 Å². The van der Waals surface area contributed by atoms with Gasteiger partial charge in [0.2, 0.25) is 5.91 Å². The molecule has 0 aromatic heterocycles. The number of amides is 1. The van der Waals surface area contributed by atoms with Gasteiger partial charge in [-0.05, 0) is 25.0 Å². The number of hydrogen-bond donors (Lipinski definition) is 2. The van der Waals surface area contributed by atoms with Crippen molar-refractivity contribution in [2.24, 2.45) is 5.73 Å². The minimum absolute atomic E-state index is 0. The second-order valence-electron chi connectivity index (χ2n) is 6.04. The van der Waals surface area contributed by atoms with E-state index in [1.54, 1.807) is 6.07 Å². The van der Waals surface area contributed by atoms with Gasteiger partial charge in [-0.3, -0.25) is 4.79 Å². The average molecular weight is 342 g/mol. The Morgan fingerprint density at radius 2 is 1.74 bits per heavy atom. The summed E-state index contributed by atoms with van der Waals surface area (Å²) in [5.74, 6) is 0.315. The number of halogens is 1. The number of rotatable bonds is 2. The molecule has 0 radical (unpaired) electrons. The van der Waals surface area contributed by atoms with E-state index in [0.717, 1.165) is 5.69 Å². The van der Waals surface area contributed by atoms with Crippen molar-refractivity contribution in [2.45, 2.75) is 18.4 Å². The van der Waals surface area contributed by atoms with Gasteiger partial charge in [-0.25, -0.2) is 0 Å². The summed E-state index contributed by atoms with van der Waals surface area (Å²) in [5.41, 5.74) is 6.33. The fraction of sp³-hybridized carbons (Fsp3) is 0.562. The Labute approximate surface area is 142 Å². The largest absolute Gasteiger partial charge is 0.506 e. The van der Waals surface area contributed by atoms with Crippen LogP contribution in [-0.4, -0.2) is 60.8 Å². The molecule has 2 heterocycles. The van der Waals surface area contributed by atoms with Crippen molar-refractivity contribution >= 4 is 24.0 Å². The van der Waals surface area contributed by atoms with E-state index in [2.05, 4.69) is 4.90 Å². The molecule has 2 saturated heterocycles. The fourth-order valence-electron chi connectivity index (χ4n) is 3.15. The van der Waals surface area contributed by atoms with Crippen LogP contribution in [0.15, 0.2) is 24.3 Å². The molecule has 3 rings (SSSR count). The van der Waals surface area contributed by atoms with Crippen LogP contribution in [0.25, 0.3) is 0 Å². The Hall–Kier alpha value is -1.50. The first-order chi connectivity index (χ1) is 10.6. The number of piperazine rings is 1. The number of carbonyl (C=O) groups excluding carboxylic acids is 1. The molecule has 0 saturated carbocycles. The molecule has 2 fully saturated rings. The van der Waals surface area contributed by atoms with Crippen molar-refractivity contribution < 1.29 is 14.6 Å². The zero-order chi connectivity index (χ0) is 15.6. The molecule has 2 aliphatic heterocycles. The monoisotopic (exact) mass is 341 g/mol. The molecule has 0 atom stereocenters. The summed E-state index contributed by atoms with van der Waals surface area (Å²) in [5, 5.41) is 9.93. The minimum Gasteiger partial charge on any atom is -0.506 e. The Morgan fingerprint density at radius 1 is 1.13 bits per heavy atom. The predicted octanol–water partition coefficient (Wildman–Crippen LogP) is 0.970. The number of nitrogens with zero attached hydrogens (tertiary/aromatic N) is 2. The summed E-state index contributed by atoms with van der Waals surface area (Å²) in [4.78, 5) is 16.6. The van der Waals surface area contributed by atoms with Gasteiger partial charge in [0.15, 0.2) is 0 Å². The molecule has 0 spiro atoms. The number of anilines is 1. The molecule has 7 heteroatoms. The summed E-state index contributed by atoms with van der Waals surface area (Å²) in [7, 11) is 0. The first kappa shape index (κ1) is 17.8. The first-order valence-corrected chi connectivity index (χ1v) is 7.79. The molecule has 3 N–H and O–H groups in total. The highest BCUT2D eigenvalue weighted by atomic mass is 35.5.